The molecule has 1 aromatic carbocycles. The van der Waals surface area contributed by atoms with Crippen LogP contribution < -0.4 is 4.74 Å². The molecule has 0 radical (unpaired) electrons. The van der Waals surface area contributed by atoms with Crippen LogP contribution >= 0.6 is 11.3 Å². The molecule has 0 aliphatic heterocycles. The van der Waals surface area contributed by atoms with Gasteiger partial charge in [0.1, 0.15) is 18.3 Å². The van der Waals surface area contributed by atoms with Crippen LogP contribution in [0.15, 0.2) is 47.8 Å². The van der Waals surface area contributed by atoms with Crippen LogP contribution in [0.4, 0.5) is 0 Å². The van der Waals surface area contributed by atoms with Crippen LogP contribution in [-0.4, -0.2) is 12.4 Å². The largest absolute Gasteiger partial charge is 0.486 e. The van der Waals surface area contributed by atoms with Crippen molar-refractivity contribution in [3.05, 3.63) is 52.7 Å². The Morgan fingerprint density at radius 3 is 2.67 bits per heavy atom. The molecule has 1 heterocycles. The molecule has 0 saturated heterocycles. The molecule has 4 heteroatoms. The molecule has 0 N–H and O–H groups in total. The fourth-order valence-electron chi connectivity index (χ4n) is 1.50. The summed E-state index contributed by atoms with van der Waals surface area (Å²) in [4.78, 5) is 12.7. The lowest BCUT2D eigenvalue weighted by Crippen LogP contribution is -2.18. The van der Waals surface area contributed by atoms with Crippen LogP contribution in [-0.2, 0) is 4.79 Å². The highest BCUT2D eigenvalue weighted by Crippen LogP contribution is 2.21. The predicted octanol–water partition coefficient (Wildman–Crippen LogP) is 3.00. The summed E-state index contributed by atoms with van der Waals surface area (Å²) in [6.45, 7) is -0.0832. The first-order valence-electron chi connectivity index (χ1n) is 5.45. The Bertz CT molecular complexity index is 543. The SMILES string of the molecule is N#C[C@@H](C(=O)COc1ccccc1)c1cccs1. The van der Waals surface area contributed by atoms with Gasteiger partial charge in [0.15, 0.2) is 5.78 Å². The molecule has 3 nitrogen and oxygen atoms in total. The fraction of sp³-hybridized carbons (Fsp3) is 0.143. The van der Waals surface area contributed by atoms with E-state index >= 15 is 0 Å². The molecule has 0 saturated carbocycles. The number of benzene rings is 1. The minimum atomic E-state index is -0.728. The van der Waals surface area contributed by atoms with Gasteiger partial charge in [-0.15, -0.1) is 11.3 Å². The summed E-state index contributed by atoms with van der Waals surface area (Å²) in [7, 11) is 0. The van der Waals surface area contributed by atoms with E-state index in [-0.39, 0.29) is 12.4 Å². The van der Waals surface area contributed by atoms with Gasteiger partial charge in [-0.3, -0.25) is 4.79 Å². The zero-order valence-electron chi connectivity index (χ0n) is 9.58. The molecule has 0 spiro atoms. The van der Waals surface area contributed by atoms with E-state index in [1.54, 1.807) is 18.2 Å². The molecule has 0 unspecified atom stereocenters. The van der Waals surface area contributed by atoms with Gasteiger partial charge in [-0.1, -0.05) is 24.3 Å². The Balaban J connectivity index is 1.98. The minimum absolute atomic E-state index is 0.0832. The van der Waals surface area contributed by atoms with Crippen LogP contribution in [0, 0.1) is 11.3 Å². The average molecular weight is 257 g/mol. The molecular formula is C14H11NO2S. The van der Waals surface area contributed by atoms with E-state index < -0.39 is 5.92 Å². The van der Waals surface area contributed by atoms with Crippen molar-refractivity contribution in [3.63, 3.8) is 0 Å². The molecule has 0 bridgehead atoms. The molecule has 0 aliphatic carbocycles. The second-order valence-corrected chi connectivity index (χ2v) is 4.62. The second kappa shape index (κ2) is 5.99. The van der Waals surface area contributed by atoms with E-state index in [0.717, 1.165) is 4.88 Å². The zero-order valence-corrected chi connectivity index (χ0v) is 10.4. The first kappa shape index (κ1) is 12.3. The predicted molar refractivity (Wildman–Crippen MR) is 69.6 cm³/mol. The van der Waals surface area contributed by atoms with Crippen molar-refractivity contribution in [1.82, 2.24) is 0 Å². The number of nitrogens with zero attached hydrogens (tertiary/aromatic N) is 1. The molecule has 90 valence electrons. The number of nitriles is 1. The number of para-hydroxylation sites is 1. The summed E-state index contributed by atoms with van der Waals surface area (Å²) in [6, 6.07) is 14.7. The van der Waals surface area contributed by atoms with E-state index in [1.807, 2.05) is 35.7 Å². The van der Waals surface area contributed by atoms with Crippen molar-refractivity contribution in [3.8, 4) is 11.8 Å². The van der Waals surface area contributed by atoms with Gasteiger partial charge in [0.25, 0.3) is 0 Å². The maximum atomic E-state index is 11.9. The zero-order chi connectivity index (χ0) is 12.8. The summed E-state index contributed by atoms with van der Waals surface area (Å²) >= 11 is 1.41. The first-order valence-corrected chi connectivity index (χ1v) is 6.33. The normalized spacial score (nSPS) is 11.5. The number of rotatable bonds is 5. The van der Waals surface area contributed by atoms with Gasteiger partial charge < -0.3 is 4.74 Å². The Kier molecular flexibility index (Phi) is 4.11. The van der Waals surface area contributed by atoms with E-state index in [2.05, 4.69) is 0 Å². The molecule has 1 aromatic heterocycles. The summed E-state index contributed by atoms with van der Waals surface area (Å²) in [5.41, 5.74) is 0. The van der Waals surface area contributed by atoms with E-state index in [0.29, 0.717) is 5.75 Å². The molecule has 0 fully saturated rings. The van der Waals surface area contributed by atoms with Gasteiger partial charge in [0.05, 0.1) is 6.07 Å². The highest BCUT2D eigenvalue weighted by Gasteiger charge is 2.21. The van der Waals surface area contributed by atoms with Gasteiger partial charge in [-0.2, -0.15) is 5.26 Å². The summed E-state index contributed by atoms with van der Waals surface area (Å²) < 4.78 is 5.35. The average Bonchev–Trinajstić information content (AvgIpc) is 2.92. The van der Waals surface area contributed by atoms with Gasteiger partial charge in [-0.05, 0) is 23.6 Å². The van der Waals surface area contributed by atoms with Gasteiger partial charge >= 0.3 is 0 Å². The minimum Gasteiger partial charge on any atom is -0.486 e. The summed E-state index contributed by atoms with van der Waals surface area (Å²) in [5.74, 6) is -0.314. The van der Waals surface area contributed by atoms with E-state index in [4.69, 9.17) is 10.00 Å². The van der Waals surface area contributed by atoms with E-state index in [1.165, 1.54) is 11.3 Å². The van der Waals surface area contributed by atoms with Gasteiger partial charge in [0, 0.05) is 4.88 Å². The molecule has 1 atom stereocenters. The third-order valence-electron chi connectivity index (χ3n) is 2.40. The van der Waals surface area contributed by atoms with Crippen LogP contribution in [0.5, 0.6) is 5.75 Å². The summed E-state index contributed by atoms with van der Waals surface area (Å²) in [5, 5.41) is 10.9. The Hall–Kier alpha value is -2.12. The van der Waals surface area contributed by atoms with E-state index in [9.17, 15) is 4.79 Å². The number of thiophene rings is 1. The number of hydrogen-bond donors (Lipinski definition) is 0. The molecule has 0 aliphatic rings. The molecule has 2 rings (SSSR count). The highest BCUT2D eigenvalue weighted by atomic mass is 32.1. The molecule has 0 amide bonds. The van der Waals surface area contributed by atoms with Crippen LogP contribution in [0.1, 0.15) is 10.8 Å². The summed E-state index contributed by atoms with van der Waals surface area (Å²) in [6.07, 6.45) is 0. The third kappa shape index (κ3) is 2.96. The highest BCUT2D eigenvalue weighted by molar-refractivity contribution is 7.10. The van der Waals surface area contributed by atoms with Crippen molar-refractivity contribution in [2.45, 2.75) is 5.92 Å². The maximum absolute atomic E-state index is 11.9. The lowest BCUT2D eigenvalue weighted by molar-refractivity contribution is -0.121. The third-order valence-corrected chi connectivity index (χ3v) is 3.34. The Labute approximate surface area is 109 Å². The van der Waals surface area contributed by atoms with Gasteiger partial charge in [-0.25, -0.2) is 0 Å². The number of hydrogen-bond acceptors (Lipinski definition) is 4. The lowest BCUT2D eigenvalue weighted by atomic mass is 10.1. The smallest absolute Gasteiger partial charge is 0.192 e. The number of ether oxygens (including phenoxy) is 1. The topological polar surface area (TPSA) is 50.1 Å². The monoisotopic (exact) mass is 257 g/mol. The van der Waals surface area contributed by atoms with Crippen molar-refractivity contribution in [2.75, 3.05) is 6.61 Å². The molecule has 18 heavy (non-hydrogen) atoms. The van der Waals surface area contributed by atoms with Crippen LogP contribution in [0.2, 0.25) is 0 Å². The number of carbonyl (C=O) groups is 1. The fourth-order valence-corrected chi connectivity index (χ4v) is 2.30. The van der Waals surface area contributed by atoms with Crippen molar-refractivity contribution >= 4 is 17.1 Å². The number of carbonyl (C=O) groups excluding carboxylic acids is 1. The Morgan fingerprint density at radius 1 is 1.28 bits per heavy atom. The van der Waals surface area contributed by atoms with Gasteiger partial charge in [0.2, 0.25) is 0 Å². The van der Waals surface area contributed by atoms with Crippen LogP contribution in [0.25, 0.3) is 0 Å². The second-order valence-electron chi connectivity index (χ2n) is 3.65. The Morgan fingerprint density at radius 2 is 2.06 bits per heavy atom. The number of Topliss-reactive ketones (excluding diaryl/α,β-unsaturated/α-hetero) is 1. The standard InChI is InChI=1S/C14H11NO2S/c15-9-12(14-7-4-8-18-14)13(16)10-17-11-5-2-1-3-6-11/h1-8,12H,10H2/t12-/m0/s1. The lowest BCUT2D eigenvalue weighted by Gasteiger charge is -2.08. The maximum Gasteiger partial charge on any atom is 0.192 e. The quantitative estimate of drug-likeness (QED) is 0.827. The molecular weight excluding hydrogens is 246 g/mol. The van der Waals surface area contributed by atoms with Crippen molar-refractivity contribution in [1.29, 1.82) is 5.26 Å². The van der Waals surface area contributed by atoms with Crippen LogP contribution in [0.3, 0.4) is 0 Å². The first-order chi connectivity index (χ1) is 8.81. The van der Waals surface area contributed by atoms with Crippen molar-refractivity contribution in [2.24, 2.45) is 0 Å². The number of ketones is 1. The molecule has 2 aromatic rings. The van der Waals surface area contributed by atoms with Crippen molar-refractivity contribution < 1.29 is 9.53 Å².